The second-order valence-corrected chi connectivity index (χ2v) is 6.77. The molecule has 0 heterocycles. The van der Waals surface area contributed by atoms with Crippen LogP contribution in [0.3, 0.4) is 0 Å². The van der Waals surface area contributed by atoms with E-state index in [9.17, 15) is 9.59 Å². The lowest BCUT2D eigenvalue weighted by Gasteiger charge is -2.19. The van der Waals surface area contributed by atoms with Crippen LogP contribution in [0.15, 0.2) is 60.7 Å². The fourth-order valence-electron chi connectivity index (χ4n) is 3.19. The summed E-state index contributed by atoms with van der Waals surface area (Å²) in [5.74, 6) is 1.00. The first-order chi connectivity index (χ1) is 14.5. The molecular formula is C24H26N2O4. The predicted molar refractivity (Wildman–Crippen MR) is 118 cm³/mol. The number of ether oxygens (including phenoxy) is 2. The van der Waals surface area contributed by atoms with Gasteiger partial charge in [0.15, 0.2) is 6.61 Å². The van der Waals surface area contributed by atoms with Crippen molar-refractivity contribution < 1.29 is 19.1 Å². The number of anilines is 1. The van der Waals surface area contributed by atoms with Crippen LogP contribution in [-0.4, -0.2) is 43.5 Å². The van der Waals surface area contributed by atoms with Gasteiger partial charge in [0.1, 0.15) is 11.5 Å². The highest BCUT2D eigenvalue weighted by Crippen LogP contribution is 2.25. The number of carbonyl (C=O) groups is 2. The van der Waals surface area contributed by atoms with Gasteiger partial charge in [-0.2, -0.15) is 0 Å². The minimum absolute atomic E-state index is 0.0565. The number of amides is 2. The molecule has 3 aromatic rings. The first-order valence-electron chi connectivity index (χ1n) is 9.93. The largest absolute Gasteiger partial charge is 0.497 e. The van der Waals surface area contributed by atoms with Crippen molar-refractivity contribution in [1.82, 2.24) is 4.90 Å². The van der Waals surface area contributed by atoms with E-state index in [-0.39, 0.29) is 18.4 Å². The Bertz CT molecular complexity index is 1040. The van der Waals surface area contributed by atoms with Crippen LogP contribution in [0.5, 0.6) is 11.5 Å². The molecule has 0 aliphatic rings. The third-order valence-electron chi connectivity index (χ3n) is 4.83. The monoisotopic (exact) mass is 406 g/mol. The quantitative estimate of drug-likeness (QED) is 0.604. The fourth-order valence-corrected chi connectivity index (χ4v) is 3.19. The molecule has 0 spiro atoms. The highest BCUT2D eigenvalue weighted by Gasteiger charge is 2.13. The molecule has 2 amide bonds. The van der Waals surface area contributed by atoms with Gasteiger partial charge in [0.2, 0.25) is 0 Å². The Morgan fingerprint density at radius 2 is 1.60 bits per heavy atom. The molecule has 30 heavy (non-hydrogen) atoms. The maximum atomic E-state index is 12.5. The van der Waals surface area contributed by atoms with Crippen LogP contribution in [0.2, 0.25) is 0 Å². The Labute approximate surface area is 176 Å². The van der Waals surface area contributed by atoms with Gasteiger partial charge in [-0.1, -0.05) is 18.2 Å². The summed E-state index contributed by atoms with van der Waals surface area (Å²) in [4.78, 5) is 26.5. The Morgan fingerprint density at radius 3 is 2.30 bits per heavy atom. The van der Waals surface area contributed by atoms with Crippen LogP contribution in [-0.2, 0) is 4.79 Å². The number of benzene rings is 3. The van der Waals surface area contributed by atoms with Gasteiger partial charge in [-0.3, -0.25) is 9.59 Å². The summed E-state index contributed by atoms with van der Waals surface area (Å²) in [5, 5.41) is 4.81. The van der Waals surface area contributed by atoms with Gasteiger partial charge < -0.3 is 19.7 Å². The van der Waals surface area contributed by atoms with E-state index in [1.54, 1.807) is 36.3 Å². The maximum Gasteiger partial charge on any atom is 0.262 e. The highest BCUT2D eigenvalue weighted by atomic mass is 16.5. The number of hydrogen-bond acceptors (Lipinski definition) is 4. The van der Waals surface area contributed by atoms with Gasteiger partial charge in [-0.05, 0) is 67.1 Å². The molecule has 0 bridgehead atoms. The average molecular weight is 406 g/mol. The molecule has 156 valence electrons. The third kappa shape index (κ3) is 5.08. The summed E-state index contributed by atoms with van der Waals surface area (Å²) < 4.78 is 10.9. The highest BCUT2D eigenvalue weighted by molar-refractivity contribution is 5.97. The predicted octanol–water partition coefficient (Wildman–Crippen LogP) is 4.35. The van der Waals surface area contributed by atoms with Crippen molar-refractivity contribution in [2.45, 2.75) is 13.8 Å². The zero-order valence-corrected chi connectivity index (χ0v) is 17.5. The standard InChI is InChI=1S/C24H26N2O4/c1-4-26(5-2)24(28)18-7-6-8-20(13-18)25-23(27)16-30-22-12-10-17-9-11-21(29-3)14-19(17)15-22/h6-15H,4-5,16H2,1-3H3,(H,25,27). The van der Waals surface area contributed by atoms with E-state index in [4.69, 9.17) is 9.47 Å². The van der Waals surface area contributed by atoms with E-state index in [0.29, 0.717) is 30.1 Å². The average Bonchev–Trinajstić information content (AvgIpc) is 2.78. The van der Waals surface area contributed by atoms with Crippen LogP contribution in [0.25, 0.3) is 10.8 Å². The van der Waals surface area contributed by atoms with Crippen molar-refractivity contribution in [2.75, 3.05) is 32.1 Å². The first-order valence-corrected chi connectivity index (χ1v) is 9.93. The van der Waals surface area contributed by atoms with Crippen molar-refractivity contribution in [3.63, 3.8) is 0 Å². The zero-order chi connectivity index (χ0) is 21.5. The Morgan fingerprint density at radius 1 is 0.900 bits per heavy atom. The molecule has 0 atom stereocenters. The van der Waals surface area contributed by atoms with Crippen LogP contribution < -0.4 is 14.8 Å². The lowest BCUT2D eigenvalue weighted by Crippen LogP contribution is -2.30. The number of nitrogens with one attached hydrogen (secondary N) is 1. The summed E-state index contributed by atoms with van der Waals surface area (Å²) in [7, 11) is 1.62. The van der Waals surface area contributed by atoms with Crippen molar-refractivity contribution in [2.24, 2.45) is 0 Å². The lowest BCUT2D eigenvalue weighted by atomic mass is 10.1. The summed E-state index contributed by atoms with van der Waals surface area (Å²) in [6, 6.07) is 18.3. The number of nitrogens with zero attached hydrogens (tertiary/aromatic N) is 1. The Balaban J connectivity index is 1.63. The van der Waals surface area contributed by atoms with Crippen molar-refractivity contribution in [1.29, 1.82) is 0 Å². The second-order valence-electron chi connectivity index (χ2n) is 6.77. The van der Waals surface area contributed by atoms with Crippen molar-refractivity contribution >= 4 is 28.3 Å². The van der Waals surface area contributed by atoms with Gasteiger partial charge in [-0.15, -0.1) is 0 Å². The van der Waals surface area contributed by atoms with Crippen LogP contribution in [0, 0.1) is 0 Å². The molecular weight excluding hydrogens is 380 g/mol. The molecule has 1 N–H and O–H groups in total. The minimum Gasteiger partial charge on any atom is -0.497 e. The number of fused-ring (bicyclic) bond motifs is 1. The van der Waals surface area contributed by atoms with Crippen LogP contribution in [0.4, 0.5) is 5.69 Å². The maximum absolute atomic E-state index is 12.5. The zero-order valence-electron chi connectivity index (χ0n) is 17.5. The molecule has 0 radical (unpaired) electrons. The molecule has 3 rings (SSSR count). The van der Waals surface area contributed by atoms with Gasteiger partial charge in [0, 0.05) is 24.3 Å². The molecule has 3 aromatic carbocycles. The number of methoxy groups -OCH3 is 1. The van der Waals surface area contributed by atoms with E-state index < -0.39 is 0 Å². The Kier molecular flexibility index (Phi) is 6.91. The van der Waals surface area contributed by atoms with Gasteiger partial charge in [-0.25, -0.2) is 0 Å². The van der Waals surface area contributed by atoms with E-state index in [0.717, 1.165) is 16.5 Å². The fraction of sp³-hybridized carbons (Fsp3) is 0.250. The molecule has 6 nitrogen and oxygen atoms in total. The van der Waals surface area contributed by atoms with E-state index in [1.165, 1.54) is 0 Å². The molecule has 0 aliphatic heterocycles. The molecule has 0 saturated carbocycles. The Hall–Kier alpha value is -3.54. The molecule has 0 unspecified atom stereocenters. The van der Waals surface area contributed by atoms with Crippen molar-refractivity contribution in [3.8, 4) is 11.5 Å². The van der Waals surface area contributed by atoms with Gasteiger partial charge in [0.25, 0.3) is 11.8 Å². The van der Waals surface area contributed by atoms with Crippen LogP contribution in [0.1, 0.15) is 24.2 Å². The lowest BCUT2D eigenvalue weighted by molar-refractivity contribution is -0.118. The normalized spacial score (nSPS) is 10.5. The number of hydrogen-bond donors (Lipinski definition) is 1. The van der Waals surface area contributed by atoms with Gasteiger partial charge in [0.05, 0.1) is 7.11 Å². The molecule has 0 saturated heterocycles. The smallest absolute Gasteiger partial charge is 0.262 e. The SMILES string of the molecule is CCN(CC)C(=O)c1cccc(NC(=O)COc2ccc3ccc(OC)cc3c2)c1. The summed E-state index contributed by atoms with van der Waals surface area (Å²) in [6.07, 6.45) is 0. The third-order valence-corrected chi connectivity index (χ3v) is 4.83. The van der Waals surface area contributed by atoms with Crippen molar-refractivity contribution in [3.05, 3.63) is 66.2 Å². The molecule has 6 heteroatoms. The van der Waals surface area contributed by atoms with Crippen LogP contribution >= 0.6 is 0 Å². The summed E-state index contributed by atoms with van der Waals surface area (Å²) in [6.45, 7) is 5.01. The summed E-state index contributed by atoms with van der Waals surface area (Å²) >= 11 is 0. The topological polar surface area (TPSA) is 67.9 Å². The second kappa shape index (κ2) is 9.78. The first kappa shape index (κ1) is 21.2. The molecule has 0 aromatic heterocycles. The van der Waals surface area contributed by atoms with E-state index in [2.05, 4.69) is 5.32 Å². The summed E-state index contributed by atoms with van der Waals surface area (Å²) in [5.41, 5.74) is 1.10. The van der Waals surface area contributed by atoms with Gasteiger partial charge >= 0.3 is 0 Å². The molecule has 0 aliphatic carbocycles. The number of rotatable bonds is 8. The molecule has 0 fully saturated rings. The van der Waals surface area contributed by atoms with E-state index in [1.807, 2.05) is 50.2 Å². The number of carbonyl (C=O) groups excluding carboxylic acids is 2. The minimum atomic E-state index is -0.298. The van der Waals surface area contributed by atoms with E-state index >= 15 is 0 Å².